The minimum atomic E-state index is -0.427. The fourth-order valence-electron chi connectivity index (χ4n) is 3.56. The summed E-state index contributed by atoms with van der Waals surface area (Å²) in [5.41, 5.74) is 3.13. The highest BCUT2D eigenvalue weighted by Crippen LogP contribution is 2.23. The van der Waals surface area contributed by atoms with Gasteiger partial charge < -0.3 is 5.32 Å². The Kier molecular flexibility index (Phi) is 6.67. The SMILES string of the molecule is Cc1nn(Cc2ccc(C(=O)Nc3nn(Cc4ccc(Cl)cc4)cc3Cl)cc2)c(C)c1[N+](=O)[O-]. The van der Waals surface area contributed by atoms with Crippen LogP contribution in [0.1, 0.15) is 32.9 Å². The van der Waals surface area contributed by atoms with Crippen LogP contribution in [-0.4, -0.2) is 30.4 Å². The molecule has 9 nitrogen and oxygen atoms in total. The number of benzene rings is 2. The number of aryl methyl sites for hydroxylation is 1. The van der Waals surface area contributed by atoms with E-state index in [9.17, 15) is 14.9 Å². The van der Waals surface area contributed by atoms with Gasteiger partial charge in [0.1, 0.15) is 16.4 Å². The monoisotopic (exact) mass is 498 g/mol. The van der Waals surface area contributed by atoms with Gasteiger partial charge in [-0.3, -0.25) is 24.3 Å². The zero-order valence-electron chi connectivity index (χ0n) is 18.3. The molecule has 2 aromatic carbocycles. The van der Waals surface area contributed by atoms with Gasteiger partial charge in [-0.15, -0.1) is 0 Å². The average molecular weight is 499 g/mol. The summed E-state index contributed by atoms with van der Waals surface area (Å²) in [4.78, 5) is 23.5. The van der Waals surface area contributed by atoms with E-state index in [1.54, 1.807) is 65.8 Å². The van der Waals surface area contributed by atoms with Gasteiger partial charge in [0.2, 0.25) is 0 Å². The molecule has 1 amide bonds. The molecule has 4 rings (SSSR count). The van der Waals surface area contributed by atoms with Crippen molar-refractivity contribution in [2.24, 2.45) is 0 Å². The molecule has 174 valence electrons. The Balaban J connectivity index is 1.42. The molecular weight excluding hydrogens is 479 g/mol. The van der Waals surface area contributed by atoms with E-state index in [0.717, 1.165) is 11.1 Å². The first-order valence-electron chi connectivity index (χ1n) is 10.3. The lowest BCUT2D eigenvalue weighted by Crippen LogP contribution is -2.13. The molecule has 11 heteroatoms. The molecule has 0 aliphatic carbocycles. The van der Waals surface area contributed by atoms with Crippen molar-refractivity contribution in [3.63, 3.8) is 0 Å². The molecule has 0 aliphatic rings. The summed E-state index contributed by atoms with van der Waals surface area (Å²) in [5.74, 6) is -0.0911. The van der Waals surface area contributed by atoms with Gasteiger partial charge in [-0.25, -0.2) is 0 Å². The first kappa shape index (κ1) is 23.5. The van der Waals surface area contributed by atoms with Gasteiger partial charge in [-0.1, -0.05) is 47.5 Å². The molecule has 0 unspecified atom stereocenters. The Labute approximate surface area is 205 Å². The van der Waals surface area contributed by atoms with Gasteiger partial charge in [0.05, 0.1) is 18.0 Å². The Hall–Kier alpha value is -3.69. The molecule has 0 aliphatic heterocycles. The Bertz CT molecular complexity index is 1360. The van der Waals surface area contributed by atoms with Gasteiger partial charge in [-0.05, 0) is 49.2 Å². The number of hydrogen-bond acceptors (Lipinski definition) is 5. The van der Waals surface area contributed by atoms with Crippen molar-refractivity contribution in [3.05, 3.63) is 103 Å². The molecule has 0 spiro atoms. The summed E-state index contributed by atoms with van der Waals surface area (Å²) < 4.78 is 3.22. The molecule has 0 bridgehead atoms. The van der Waals surface area contributed by atoms with Gasteiger partial charge in [-0.2, -0.15) is 10.2 Å². The predicted octanol–water partition coefficient (Wildman–Crippen LogP) is 5.26. The van der Waals surface area contributed by atoms with Gasteiger partial charge >= 0.3 is 5.69 Å². The minimum Gasteiger partial charge on any atom is -0.304 e. The van der Waals surface area contributed by atoms with E-state index in [1.165, 1.54) is 0 Å². The molecular formula is C23H20Cl2N6O3. The van der Waals surface area contributed by atoms with Crippen LogP contribution in [0.4, 0.5) is 11.5 Å². The van der Waals surface area contributed by atoms with E-state index in [2.05, 4.69) is 15.5 Å². The maximum absolute atomic E-state index is 12.7. The van der Waals surface area contributed by atoms with Gasteiger partial charge in [0.15, 0.2) is 5.82 Å². The number of rotatable bonds is 7. The van der Waals surface area contributed by atoms with Crippen LogP contribution in [0.15, 0.2) is 54.7 Å². The summed E-state index contributed by atoms with van der Waals surface area (Å²) in [5, 5.41) is 23.5. The summed E-state index contributed by atoms with van der Waals surface area (Å²) in [6, 6.07) is 14.3. The van der Waals surface area contributed by atoms with Crippen LogP contribution in [0, 0.1) is 24.0 Å². The molecule has 4 aromatic rings. The number of nitro groups is 1. The Morgan fingerprint density at radius 1 is 1.00 bits per heavy atom. The smallest absolute Gasteiger partial charge is 0.304 e. The number of halogens is 2. The molecule has 2 aromatic heterocycles. The van der Waals surface area contributed by atoms with E-state index < -0.39 is 4.92 Å². The third kappa shape index (κ3) is 5.11. The normalized spacial score (nSPS) is 10.9. The number of hydrogen-bond donors (Lipinski definition) is 1. The van der Waals surface area contributed by atoms with Crippen LogP contribution in [0.2, 0.25) is 10.0 Å². The average Bonchev–Trinajstić information content (AvgIpc) is 3.27. The van der Waals surface area contributed by atoms with Gasteiger partial charge in [0.25, 0.3) is 5.91 Å². The number of carbonyl (C=O) groups is 1. The number of aromatic nitrogens is 4. The third-order valence-electron chi connectivity index (χ3n) is 5.28. The first-order chi connectivity index (χ1) is 16.2. The highest BCUT2D eigenvalue weighted by Gasteiger charge is 2.21. The van der Waals surface area contributed by atoms with E-state index in [-0.39, 0.29) is 17.4 Å². The van der Waals surface area contributed by atoms with Crippen molar-refractivity contribution in [1.82, 2.24) is 19.6 Å². The quantitative estimate of drug-likeness (QED) is 0.276. The van der Waals surface area contributed by atoms with E-state index in [1.807, 2.05) is 12.1 Å². The second-order valence-electron chi connectivity index (χ2n) is 7.73. The first-order valence-corrected chi connectivity index (χ1v) is 11.0. The lowest BCUT2D eigenvalue weighted by atomic mass is 10.1. The van der Waals surface area contributed by atoms with E-state index in [4.69, 9.17) is 23.2 Å². The molecule has 0 atom stereocenters. The number of amides is 1. The van der Waals surface area contributed by atoms with Crippen molar-refractivity contribution >= 4 is 40.6 Å². The van der Waals surface area contributed by atoms with Crippen molar-refractivity contribution < 1.29 is 9.72 Å². The second-order valence-corrected chi connectivity index (χ2v) is 8.58. The molecule has 0 radical (unpaired) electrons. The summed E-state index contributed by atoms with van der Waals surface area (Å²) in [6.45, 7) is 4.10. The van der Waals surface area contributed by atoms with Crippen molar-refractivity contribution in [1.29, 1.82) is 0 Å². The fraction of sp³-hybridized carbons (Fsp3) is 0.174. The lowest BCUT2D eigenvalue weighted by Gasteiger charge is -2.06. The lowest BCUT2D eigenvalue weighted by molar-refractivity contribution is -0.386. The maximum Gasteiger partial charge on any atom is 0.312 e. The Morgan fingerprint density at radius 3 is 2.24 bits per heavy atom. The van der Waals surface area contributed by atoms with Crippen LogP contribution in [-0.2, 0) is 13.1 Å². The number of nitrogens with one attached hydrogen (secondary N) is 1. The zero-order valence-corrected chi connectivity index (χ0v) is 19.8. The molecule has 0 fully saturated rings. The van der Waals surface area contributed by atoms with Crippen molar-refractivity contribution in [2.45, 2.75) is 26.9 Å². The standard InChI is InChI=1S/C23H20Cl2N6O3/c1-14-21(31(33)34)15(2)30(27-14)12-17-3-7-18(8-4-17)23(32)26-22-20(25)13-29(28-22)11-16-5-9-19(24)10-6-16/h3-10,13H,11-12H2,1-2H3,(H,26,28,32). The van der Waals surface area contributed by atoms with E-state index >= 15 is 0 Å². The van der Waals surface area contributed by atoms with E-state index in [0.29, 0.717) is 40.1 Å². The Morgan fingerprint density at radius 2 is 1.62 bits per heavy atom. The largest absolute Gasteiger partial charge is 0.312 e. The number of anilines is 1. The molecule has 1 N–H and O–H groups in total. The van der Waals surface area contributed by atoms with Crippen LogP contribution in [0.25, 0.3) is 0 Å². The predicted molar refractivity (Wildman–Crippen MR) is 130 cm³/mol. The third-order valence-corrected chi connectivity index (χ3v) is 5.81. The summed E-state index contributed by atoms with van der Waals surface area (Å²) in [6.07, 6.45) is 1.64. The second kappa shape index (κ2) is 9.66. The number of carbonyl (C=O) groups excluding carboxylic acids is 1. The number of nitrogens with zero attached hydrogens (tertiary/aromatic N) is 5. The molecule has 0 saturated carbocycles. The molecule has 34 heavy (non-hydrogen) atoms. The fourth-order valence-corrected chi connectivity index (χ4v) is 3.88. The minimum absolute atomic E-state index is 0.0170. The summed E-state index contributed by atoms with van der Waals surface area (Å²) in [7, 11) is 0. The maximum atomic E-state index is 12.7. The highest BCUT2D eigenvalue weighted by atomic mass is 35.5. The van der Waals surface area contributed by atoms with Crippen LogP contribution < -0.4 is 5.32 Å². The van der Waals surface area contributed by atoms with Crippen molar-refractivity contribution in [2.75, 3.05) is 5.32 Å². The van der Waals surface area contributed by atoms with Crippen LogP contribution in [0.5, 0.6) is 0 Å². The summed E-state index contributed by atoms with van der Waals surface area (Å²) >= 11 is 12.2. The van der Waals surface area contributed by atoms with Gasteiger partial charge in [0, 0.05) is 16.8 Å². The highest BCUT2D eigenvalue weighted by molar-refractivity contribution is 6.33. The molecule has 0 saturated heterocycles. The van der Waals surface area contributed by atoms with Crippen molar-refractivity contribution in [3.8, 4) is 0 Å². The molecule has 2 heterocycles. The topological polar surface area (TPSA) is 108 Å². The zero-order chi connectivity index (χ0) is 24.4. The van der Waals surface area contributed by atoms with Crippen LogP contribution in [0.3, 0.4) is 0 Å². The van der Waals surface area contributed by atoms with Crippen LogP contribution >= 0.6 is 23.2 Å².